The molecule has 2 aliphatic heterocycles. The van der Waals surface area contributed by atoms with E-state index < -0.39 is 0 Å². The number of anilines is 2. The lowest BCUT2D eigenvalue weighted by molar-refractivity contribution is 0.288. The third-order valence-corrected chi connectivity index (χ3v) is 11.0. The van der Waals surface area contributed by atoms with E-state index in [2.05, 4.69) is 124 Å². The molecule has 7 heteroatoms. The Balaban J connectivity index is 1.15. The van der Waals surface area contributed by atoms with Crippen LogP contribution in [0.2, 0.25) is 0 Å². The Hall–Kier alpha value is -5.30. The van der Waals surface area contributed by atoms with Gasteiger partial charge in [0.1, 0.15) is 22.9 Å². The number of imidazole rings is 1. The molecule has 47 heavy (non-hydrogen) atoms. The highest BCUT2D eigenvalue weighted by Gasteiger charge is 2.46. The van der Waals surface area contributed by atoms with Crippen LogP contribution in [0.4, 0.5) is 11.5 Å². The van der Waals surface area contributed by atoms with Gasteiger partial charge >= 0.3 is 7.05 Å². The molecular weight excluding hydrogens is 579 g/mol. The van der Waals surface area contributed by atoms with E-state index in [4.69, 9.17) is 19.4 Å². The van der Waals surface area contributed by atoms with Crippen LogP contribution in [0.3, 0.4) is 0 Å². The van der Waals surface area contributed by atoms with Gasteiger partial charge in [-0.2, -0.15) is 0 Å². The van der Waals surface area contributed by atoms with Crippen molar-refractivity contribution in [1.29, 1.82) is 0 Å². The first kappa shape index (κ1) is 28.0. The van der Waals surface area contributed by atoms with Crippen LogP contribution in [0, 0.1) is 13.8 Å². The predicted octanol–water partition coefficient (Wildman–Crippen LogP) is 8.94. The van der Waals surface area contributed by atoms with Gasteiger partial charge in [0.15, 0.2) is 5.82 Å². The monoisotopic (exact) mass is 614 g/mol. The molecule has 3 aromatic heterocycles. The minimum atomic E-state index is -0.342. The van der Waals surface area contributed by atoms with Gasteiger partial charge in [0.25, 0.3) is 0 Å². The Morgan fingerprint density at radius 3 is 2.32 bits per heavy atom. The SMILES string of the molecule is Cc1cccc(C)c1B1Oc2cccnc2N1c1cccc(Oc2ccc3c(c2)c2ncc4n2c2c(cccc32)C(C)(C)C4(C)C)c1. The number of para-hydroxylation sites is 1. The van der Waals surface area contributed by atoms with Crippen molar-refractivity contribution in [1.82, 2.24) is 14.4 Å². The molecule has 0 unspecified atom stereocenters. The predicted molar refractivity (Wildman–Crippen MR) is 191 cm³/mol. The summed E-state index contributed by atoms with van der Waals surface area (Å²) < 4.78 is 15.6. The molecule has 0 bridgehead atoms. The smallest absolute Gasteiger partial charge is 0.526 e. The average molecular weight is 615 g/mol. The van der Waals surface area contributed by atoms with Crippen LogP contribution in [0.5, 0.6) is 17.2 Å². The van der Waals surface area contributed by atoms with Crippen molar-refractivity contribution < 1.29 is 9.39 Å². The van der Waals surface area contributed by atoms with Gasteiger partial charge in [-0.3, -0.25) is 4.40 Å². The van der Waals surface area contributed by atoms with Crippen molar-refractivity contribution in [2.75, 3.05) is 4.81 Å². The highest BCUT2D eigenvalue weighted by Crippen LogP contribution is 2.51. The zero-order chi connectivity index (χ0) is 32.2. The van der Waals surface area contributed by atoms with Crippen LogP contribution in [0.15, 0.2) is 103 Å². The van der Waals surface area contributed by atoms with Crippen molar-refractivity contribution in [3.05, 3.63) is 126 Å². The summed E-state index contributed by atoms with van der Waals surface area (Å²) in [4.78, 5) is 11.9. The Kier molecular flexibility index (Phi) is 5.72. The lowest BCUT2D eigenvalue weighted by atomic mass is 9.61. The molecule has 2 aliphatic rings. The molecule has 0 saturated carbocycles. The van der Waals surface area contributed by atoms with Gasteiger partial charge in [0.2, 0.25) is 0 Å². The zero-order valence-electron chi connectivity index (χ0n) is 27.5. The molecule has 0 radical (unpaired) electrons. The van der Waals surface area contributed by atoms with E-state index >= 15 is 0 Å². The molecule has 9 rings (SSSR count). The fraction of sp³-hybridized carbons (Fsp3) is 0.200. The number of benzene rings is 4. The van der Waals surface area contributed by atoms with E-state index in [0.29, 0.717) is 0 Å². The molecule has 6 nitrogen and oxygen atoms in total. The minimum absolute atomic E-state index is 0.0510. The first-order valence-corrected chi connectivity index (χ1v) is 16.3. The molecule has 0 N–H and O–H groups in total. The number of ether oxygens (including phenoxy) is 1. The Morgan fingerprint density at radius 1 is 0.723 bits per heavy atom. The summed E-state index contributed by atoms with van der Waals surface area (Å²) in [7, 11) is -0.342. The zero-order valence-corrected chi connectivity index (χ0v) is 27.5. The normalized spacial score (nSPS) is 15.9. The number of aryl methyl sites for hydroxylation is 2. The maximum Gasteiger partial charge on any atom is 0.526 e. The molecular formula is C40H35BN4O2. The Morgan fingerprint density at radius 2 is 1.49 bits per heavy atom. The van der Waals surface area contributed by atoms with E-state index in [1.54, 1.807) is 0 Å². The molecule has 0 saturated heterocycles. The molecule has 5 heterocycles. The number of nitrogens with zero attached hydrogens (tertiary/aromatic N) is 4. The summed E-state index contributed by atoms with van der Waals surface area (Å²) in [6.45, 7) is 13.6. The van der Waals surface area contributed by atoms with E-state index in [-0.39, 0.29) is 17.9 Å². The number of rotatable bonds is 4. The van der Waals surface area contributed by atoms with Gasteiger partial charge in [0.05, 0.1) is 5.52 Å². The second-order valence-electron chi connectivity index (χ2n) is 14.0. The second-order valence-corrected chi connectivity index (χ2v) is 14.0. The van der Waals surface area contributed by atoms with Gasteiger partial charge in [0, 0.05) is 51.4 Å². The van der Waals surface area contributed by atoms with Gasteiger partial charge in [-0.05, 0) is 72.7 Å². The molecule has 0 aliphatic carbocycles. The quantitative estimate of drug-likeness (QED) is 0.146. The second kappa shape index (κ2) is 9.61. The molecule has 7 aromatic rings. The highest BCUT2D eigenvalue weighted by atomic mass is 16.5. The van der Waals surface area contributed by atoms with Crippen LogP contribution in [0.25, 0.3) is 27.3 Å². The molecule has 0 amide bonds. The van der Waals surface area contributed by atoms with Crippen molar-refractivity contribution in [3.63, 3.8) is 0 Å². The summed E-state index contributed by atoms with van der Waals surface area (Å²) in [5.74, 6) is 3.05. The summed E-state index contributed by atoms with van der Waals surface area (Å²) in [6, 6.07) is 31.5. The maximum absolute atomic E-state index is 6.62. The third kappa shape index (κ3) is 3.80. The van der Waals surface area contributed by atoms with Crippen LogP contribution in [-0.2, 0) is 10.8 Å². The third-order valence-electron chi connectivity index (χ3n) is 11.0. The number of hydrogen-bond acceptors (Lipinski definition) is 5. The van der Waals surface area contributed by atoms with E-state index in [9.17, 15) is 0 Å². The van der Waals surface area contributed by atoms with Crippen LogP contribution in [0.1, 0.15) is 50.1 Å². The van der Waals surface area contributed by atoms with E-state index in [0.717, 1.165) is 45.2 Å². The first-order chi connectivity index (χ1) is 22.6. The van der Waals surface area contributed by atoms with Crippen molar-refractivity contribution in [2.24, 2.45) is 0 Å². The molecule has 0 atom stereocenters. The molecule has 230 valence electrons. The van der Waals surface area contributed by atoms with Crippen molar-refractivity contribution in [3.8, 4) is 17.2 Å². The molecule has 0 spiro atoms. The van der Waals surface area contributed by atoms with E-state index in [1.807, 2.05) is 30.5 Å². The lowest BCUT2D eigenvalue weighted by Gasteiger charge is -2.45. The summed E-state index contributed by atoms with van der Waals surface area (Å²) in [5, 5.41) is 3.49. The number of fused-ring (bicyclic) bond motifs is 4. The maximum atomic E-state index is 6.62. The largest absolute Gasteiger partial charge is 0.535 e. The van der Waals surface area contributed by atoms with Crippen molar-refractivity contribution >= 4 is 51.3 Å². The van der Waals surface area contributed by atoms with Gasteiger partial charge in [-0.25, -0.2) is 9.97 Å². The summed E-state index contributed by atoms with van der Waals surface area (Å²) >= 11 is 0. The first-order valence-electron chi connectivity index (χ1n) is 16.3. The number of hydrogen-bond donors (Lipinski definition) is 0. The topological polar surface area (TPSA) is 51.9 Å². The van der Waals surface area contributed by atoms with Crippen LogP contribution >= 0.6 is 0 Å². The fourth-order valence-electron chi connectivity index (χ4n) is 7.81. The molecule has 0 fully saturated rings. The number of aromatic nitrogens is 3. The average Bonchev–Trinajstić information content (AvgIpc) is 3.67. The minimum Gasteiger partial charge on any atom is -0.535 e. The van der Waals surface area contributed by atoms with Gasteiger partial charge in [-0.1, -0.05) is 81.3 Å². The van der Waals surface area contributed by atoms with Crippen molar-refractivity contribution in [2.45, 2.75) is 52.4 Å². The Bertz CT molecular complexity index is 2410. The Labute approximate surface area is 274 Å². The van der Waals surface area contributed by atoms with Crippen LogP contribution < -0.4 is 19.7 Å². The highest BCUT2D eigenvalue weighted by molar-refractivity contribution is 6.75. The van der Waals surface area contributed by atoms with Gasteiger partial charge < -0.3 is 14.2 Å². The summed E-state index contributed by atoms with van der Waals surface area (Å²) in [6.07, 6.45) is 3.88. The molecule has 4 aromatic carbocycles. The number of pyridine rings is 2. The summed E-state index contributed by atoms with van der Waals surface area (Å²) in [5.41, 5.74) is 9.11. The standard InChI is InChI=1S/C40H35BN4O2/c1-24-11-7-12-25(2)35(24)41-45(38-33(47-41)17-10-20-42-38)26-13-8-14-27(21-26)46-28-18-19-29-30-15-9-16-32-36(30)44-34(40(5,6)39(32,3)4)23-43-37(44)31(29)22-28/h7-23H,1-6H3. The van der Waals surface area contributed by atoms with E-state index in [1.165, 1.54) is 38.7 Å². The lowest BCUT2D eigenvalue weighted by Crippen LogP contribution is -2.49. The van der Waals surface area contributed by atoms with Crippen LogP contribution in [-0.4, -0.2) is 21.4 Å². The van der Waals surface area contributed by atoms with Gasteiger partial charge in [-0.15, -0.1) is 0 Å². The fourth-order valence-corrected chi connectivity index (χ4v) is 7.81.